The number of nitrogens with one attached hydrogen (secondary N) is 1. The van der Waals surface area contributed by atoms with Gasteiger partial charge in [-0.05, 0) is 56.4 Å². The minimum absolute atomic E-state index is 0.852. The smallest absolute Gasteiger partial charge is 0.00977 e. The normalized spacial score (nSPS) is 41.8. The molecule has 15 heavy (non-hydrogen) atoms. The average molecular weight is 207 g/mol. The predicted molar refractivity (Wildman–Crippen MR) is 63.7 cm³/mol. The molecule has 0 aromatic carbocycles. The molecule has 1 heteroatoms. The topological polar surface area (TPSA) is 12.0 Å². The molecule has 0 aliphatic heterocycles. The molecule has 1 nitrogen and oxygen atoms in total. The maximum atomic E-state index is 3.63. The molecule has 0 amide bonds. The summed E-state index contributed by atoms with van der Waals surface area (Å²) in [6.07, 6.45) is 12.2. The summed E-state index contributed by atoms with van der Waals surface area (Å²) in [5.74, 6) is 4.31. The molecule has 0 heterocycles. The standard InChI is InChI=1S/C14H25N/c1-15-14(9-10-3-2-4-10)13-8-11-5-6-12(13)7-11/h10-15H,2-9H2,1H3. The van der Waals surface area contributed by atoms with E-state index in [1.807, 2.05) is 0 Å². The highest BCUT2D eigenvalue weighted by Crippen LogP contribution is 2.50. The number of fused-ring (bicyclic) bond motifs is 2. The maximum Gasteiger partial charge on any atom is 0.00977 e. The Labute approximate surface area is 94.0 Å². The van der Waals surface area contributed by atoms with Crippen molar-refractivity contribution in [1.29, 1.82) is 0 Å². The Bertz CT molecular complexity index is 221. The van der Waals surface area contributed by atoms with Crippen LogP contribution in [-0.2, 0) is 0 Å². The van der Waals surface area contributed by atoms with Crippen molar-refractivity contribution in [3.8, 4) is 0 Å². The van der Waals surface area contributed by atoms with E-state index >= 15 is 0 Å². The Kier molecular flexibility index (Phi) is 2.76. The van der Waals surface area contributed by atoms with Gasteiger partial charge in [0.15, 0.2) is 0 Å². The molecule has 3 rings (SSSR count). The Morgan fingerprint density at radius 2 is 2.00 bits per heavy atom. The molecule has 0 spiro atoms. The van der Waals surface area contributed by atoms with Crippen molar-refractivity contribution in [3.05, 3.63) is 0 Å². The molecule has 0 radical (unpaired) electrons. The van der Waals surface area contributed by atoms with Gasteiger partial charge in [-0.3, -0.25) is 0 Å². The first-order chi connectivity index (χ1) is 7.36. The van der Waals surface area contributed by atoms with Crippen LogP contribution in [0.15, 0.2) is 0 Å². The van der Waals surface area contributed by atoms with E-state index in [1.165, 1.54) is 32.1 Å². The van der Waals surface area contributed by atoms with Crippen LogP contribution >= 0.6 is 0 Å². The first-order valence-corrected chi connectivity index (χ1v) is 7.04. The second-order valence-electron chi connectivity index (χ2n) is 6.27. The van der Waals surface area contributed by atoms with Crippen LogP contribution in [0.4, 0.5) is 0 Å². The van der Waals surface area contributed by atoms with Gasteiger partial charge in [0.2, 0.25) is 0 Å². The number of hydrogen-bond donors (Lipinski definition) is 1. The fraction of sp³-hybridized carbons (Fsp3) is 1.00. The van der Waals surface area contributed by atoms with Gasteiger partial charge in [0.1, 0.15) is 0 Å². The summed E-state index contributed by atoms with van der Waals surface area (Å²) in [4.78, 5) is 0. The molecule has 0 aromatic rings. The van der Waals surface area contributed by atoms with E-state index in [-0.39, 0.29) is 0 Å². The first-order valence-electron chi connectivity index (χ1n) is 7.04. The molecular weight excluding hydrogens is 182 g/mol. The monoisotopic (exact) mass is 207 g/mol. The third-order valence-electron chi connectivity index (χ3n) is 5.49. The fourth-order valence-electron chi connectivity index (χ4n) is 4.38. The lowest BCUT2D eigenvalue weighted by molar-refractivity contribution is 0.188. The van der Waals surface area contributed by atoms with Crippen molar-refractivity contribution in [1.82, 2.24) is 5.32 Å². The summed E-state index contributed by atoms with van der Waals surface area (Å²) in [7, 11) is 2.19. The van der Waals surface area contributed by atoms with Gasteiger partial charge in [0.05, 0.1) is 0 Å². The molecule has 3 saturated carbocycles. The van der Waals surface area contributed by atoms with E-state index in [1.54, 1.807) is 19.3 Å². The number of hydrogen-bond acceptors (Lipinski definition) is 1. The minimum atomic E-state index is 0.852. The van der Waals surface area contributed by atoms with Gasteiger partial charge < -0.3 is 5.32 Å². The quantitative estimate of drug-likeness (QED) is 0.746. The highest BCUT2D eigenvalue weighted by atomic mass is 14.9. The van der Waals surface area contributed by atoms with Gasteiger partial charge in [-0.15, -0.1) is 0 Å². The molecule has 3 aliphatic rings. The average Bonchev–Trinajstić information content (AvgIpc) is 2.77. The van der Waals surface area contributed by atoms with Gasteiger partial charge in [-0.25, -0.2) is 0 Å². The molecule has 2 bridgehead atoms. The maximum absolute atomic E-state index is 3.63. The van der Waals surface area contributed by atoms with Crippen molar-refractivity contribution in [2.45, 2.75) is 57.4 Å². The van der Waals surface area contributed by atoms with Crippen molar-refractivity contribution in [3.63, 3.8) is 0 Å². The van der Waals surface area contributed by atoms with E-state index in [0.29, 0.717) is 0 Å². The molecule has 4 unspecified atom stereocenters. The lowest BCUT2D eigenvalue weighted by atomic mass is 9.74. The van der Waals surface area contributed by atoms with Crippen LogP contribution in [-0.4, -0.2) is 13.1 Å². The zero-order chi connectivity index (χ0) is 10.3. The van der Waals surface area contributed by atoms with Gasteiger partial charge in [0.25, 0.3) is 0 Å². The third-order valence-corrected chi connectivity index (χ3v) is 5.49. The molecule has 86 valence electrons. The van der Waals surface area contributed by atoms with Crippen molar-refractivity contribution in [2.75, 3.05) is 7.05 Å². The van der Waals surface area contributed by atoms with E-state index in [2.05, 4.69) is 12.4 Å². The van der Waals surface area contributed by atoms with Gasteiger partial charge in [-0.2, -0.15) is 0 Å². The highest BCUT2D eigenvalue weighted by molar-refractivity contribution is 4.96. The largest absolute Gasteiger partial charge is 0.317 e. The van der Waals surface area contributed by atoms with Crippen LogP contribution in [0, 0.1) is 23.7 Å². The van der Waals surface area contributed by atoms with Gasteiger partial charge in [0, 0.05) is 6.04 Å². The molecular formula is C14H25N. The van der Waals surface area contributed by atoms with Gasteiger partial charge in [-0.1, -0.05) is 25.7 Å². The van der Waals surface area contributed by atoms with Crippen LogP contribution < -0.4 is 5.32 Å². The molecule has 0 aromatic heterocycles. The van der Waals surface area contributed by atoms with E-state index < -0.39 is 0 Å². The molecule has 4 atom stereocenters. The zero-order valence-corrected chi connectivity index (χ0v) is 10.0. The zero-order valence-electron chi connectivity index (χ0n) is 10.0. The fourth-order valence-corrected chi connectivity index (χ4v) is 4.38. The Balaban J connectivity index is 1.58. The SMILES string of the molecule is CNC(CC1CCC1)C1CC2CCC1C2. The lowest BCUT2D eigenvalue weighted by Crippen LogP contribution is -2.39. The highest BCUT2D eigenvalue weighted by Gasteiger charge is 2.43. The second-order valence-corrected chi connectivity index (χ2v) is 6.27. The third kappa shape index (κ3) is 1.84. The first kappa shape index (κ1) is 10.1. The van der Waals surface area contributed by atoms with E-state index in [0.717, 1.165) is 29.7 Å². The Morgan fingerprint density at radius 3 is 2.47 bits per heavy atom. The van der Waals surface area contributed by atoms with Crippen LogP contribution in [0.25, 0.3) is 0 Å². The molecule has 0 saturated heterocycles. The lowest BCUT2D eigenvalue weighted by Gasteiger charge is -2.35. The van der Waals surface area contributed by atoms with Crippen LogP contribution in [0.5, 0.6) is 0 Å². The van der Waals surface area contributed by atoms with Crippen molar-refractivity contribution < 1.29 is 0 Å². The second kappa shape index (κ2) is 4.08. The van der Waals surface area contributed by atoms with Crippen LogP contribution in [0.3, 0.4) is 0 Å². The summed E-state index contributed by atoms with van der Waals surface area (Å²) < 4.78 is 0. The van der Waals surface area contributed by atoms with Crippen LogP contribution in [0.2, 0.25) is 0 Å². The predicted octanol–water partition coefficient (Wildman–Crippen LogP) is 3.20. The molecule has 1 N–H and O–H groups in total. The Morgan fingerprint density at radius 1 is 1.13 bits per heavy atom. The summed E-state index contributed by atoms with van der Waals surface area (Å²) >= 11 is 0. The summed E-state index contributed by atoms with van der Waals surface area (Å²) in [5.41, 5.74) is 0. The Hall–Kier alpha value is -0.0400. The van der Waals surface area contributed by atoms with Crippen molar-refractivity contribution in [2.24, 2.45) is 23.7 Å². The molecule has 3 fully saturated rings. The van der Waals surface area contributed by atoms with Crippen molar-refractivity contribution >= 4 is 0 Å². The van der Waals surface area contributed by atoms with E-state index in [4.69, 9.17) is 0 Å². The summed E-state index contributed by atoms with van der Waals surface area (Å²) in [5, 5.41) is 3.63. The van der Waals surface area contributed by atoms with Gasteiger partial charge >= 0.3 is 0 Å². The summed E-state index contributed by atoms with van der Waals surface area (Å²) in [6, 6.07) is 0.852. The van der Waals surface area contributed by atoms with E-state index in [9.17, 15) is 0 Å². The molecule has 3 aliphatic carbocycles. The van der Waals surface area contributed by atoms with Crippen LogP contribution in [0.1, 0.15) is 51.4 Å². The summed E-state index contributed by atoms with van der Waals surface area (Å²) in [6.45, 7) is 0. The minimum Gasteiger partial charge on any atom is -0.317 e. The number of rotatable bonds is 4.